The van der Waals surface area contributed by atoms with Gasteiger partial charge >= 0.3 is 0 Å². The number of anilines is 1. The van der Waals surface area contributed by atoms with E-state index in [0.29, 0.717) is 0 Å². The summed E-state index contributed by atoms with van der Waals surface area (Å²) in [5, 5.41) is 2.33. The topological polar surface area (TPSA) is 24.8 Å². The highest BCUT2D eigenvalue weighted by Crippen LogP contribution is 2.55. The molecule has 1 atom stereocenters. The van der Waals surface area contributed by atoms with Crippen molar-refractivity contribution in [2.75, 3.05) is 11.4 Å². The summed E-state index contributed by atoms with van der Waals surface area (Å²) in [4.78, 5) is 7.45. The number of fused-ring (bicyclic) bond motifs is 4. The van der Waals surface area contributed by atoms with Crippen molar-refractivity contribution in [2.24, 2.45) is 4.99 Å². The Labute approximate surface area is 173 Å². The number of aryl methyl sites for hydroxylation is 2. The van der Waals surface area contributed by atoms with E-state index in [1.54, 1.807) is 0 Å². The third kappa shape index (κ3) is 2.33. The molecule has 0 radical (unpaired) electrons. The monoisotopic (exact) mass is 384 g/mol. The maximum absolute atomic E-state index is 6.91. The summed E-state index contributed by atoms with van der Waals surface area (Å²) in [6, 6.07) is 17.3. The van der Waals surface area contributed by atoms with Crippen molar-refractivity contribution in [3.63, 3.8) is 0 Å². The zero-order valence-electron chi connectivity index (χ0n) is 17.9. The second-order valence-electron chi connectivity index (χ2n) is 8.92. The first-order chi connectivity index (χ1) is 13.9. The summed E-state index contributed by atoms with van der Waals surface area (Å²) in [6.45, 7) is 12.1. The molecule has 1 spiro atoms. The predicted molar refractivity (Wildman–Crippen MR) is 122 cm³/mol. The lowest BCUT2D eigenvalue weighted by Crippen LogP contribution is -2.62. The Hall–Kier alpha value is -2.81. The molecule has 2 aliphatic rings. The SMILES string of the molecule is CCCN1c2cc(C)c(C)cc2C(C)(C)C12C=Nc1c(ccc3ccccc13)O2. The van der Waals surface area contributed by atoms with E-state index in [1.807, 2.05) is 0 Å². The van der Waals surface area contributed by atoms with Crippen molar-refractivity contribution >= 4 is 28.4 Å². The van der Waals surface area contributed by atoms with Crippen LogP contribution in [-0.4, -0.2) is 18.5 Å². The molecule has 0 N–H and O–H groups in total. The van der Waals surface area contributed by atoms with Crippen LogP contribution in [0, 0.1) is 13.8 Å². The number of ether oxygens (including phenoxy) is 1. The molecule has 0 bridgehead atoms. The van der Waals surface area contributed by atoms with Crippen LogP contribution in [0.4, 0.5) is 11.4 Å². The van der Waals surface area contributed by atoms with E-state index < -0.39 is 5.72 Å². The molecule has 0 saturated carbocycles. The maximum atomic E-state index is 6.91. The molecule has 0 fully saturated rings. The van der Waals surface area contributed by atoms with Crippen molar-refractivity contribution in [2.45, 2.75) is 52.2 Å². The van der Waals surface area contributed by atoms with E-state index in [0.717, 1.165) is 29.8 Å². The van der Waals surface area contributed by atoms with Crippen LogP contribution in [0.15, 0.2) is 53.5 Å². The Balaban J connectivity index is 1.73. The van der Waals surface area contributed by atoms with Crippen LogP contribution in [0.2, 0.25) is 0 Å². The molecule has 3 aromatic carbocycles. The molecular formula is C26H28N2O. The van der Waals surface area contributed by atoms with Crippen LogP contribution in [0.1, 0.15) is 43.9 Å². The minimum Gasteiger partial charge on any atom is -0.459 e. The lowest BCUT2D eigenvalue weighted by Gasteiger charge is -2.46. The molecule has 1 unspecified atom stereocenters. The highest BCUT2D eigenvalue weighted by molar-refractivity contribution is 5.99. The number of aliphatic imine (C=N–C) groups is 1. The highest BCUT2D eigenvalue weighted by Gasteiger charge is 2.59. The molecule has 5 rings (SSSR count). The molecule has 3 heteroatoms. The molecule has 0 aromatic heterocycles. The van der Waals surface area contributed by atoms with Crippen molar-refractivity contribution in [1.82, 2.24) is 0 Å². The van der Waals surface area contributed by atoms with Crippen LogP contribution in [0.3, 0.4) is 0 Å². The van der Waals surface area contributed by atoms with Gasteiger partial charge in [0.15, 0.2) is 0 Å². The van der Waals surface area contributed by atoms with Crippen molar-refractivity contribution in [1.29, 1.82) is 0 Å². The van der Waals surface area contributed by atoms with Gasteiger partial charge in [-0.2, -0.15) is 0 Å². The quantitative estimate of drug-likeness (QED) is 0.507. The van der Waals surface area contributed by atoms with Crippen LogP contribution >= 0.6 is 0 Å². The van der Waals surface area contributed by atoms with Crippen molar-refractivity contribution < 1.29 is 4.74 Å². The first-order valence-electron chi connectivity index (χ1n) is 10.5. The first-order valence-corrected chi connectivity index (χ1v) is 10.5. The van der Waals surface area contributed by atoms with Gasteiger partial charge in [-0.15, -0.1) is 0 Å². The zero-order valence-corrected chi connectivity index (χ0v) is 17.9. The fourth-order valence-corrected chi connectivity index (χ4v) is 4.95. The molecule has 0 aliphatic carbocycles. The van der Waals surface area contributed by atoms with E-state index in [-0.39, 0.29) is 5.41 Å². The molecule has 2 aliphatic heterocycles. The Morgan fingerprint density at radius 1 is 1.00 bits per heavy atom. The molecule has 0 saturated heterocycles. The van der Waals surface area contributed by atoms with Crippen LogP contribution < -0.4 is 9.64 Å². The van der Waals surface area contributed by atoms with Crippen LogP contribution in [0.25, 0.3) is 10.8 Å². The molecule has 3 aromatic rings. The largest absolute Gasteiger partial charge is 0.459 e. The summed E-state index contributed by atoms with van der Waals surface area (Å²) in [5.41, 5.74) is 5.33. The smallest absolute Gasteiger partial charge is 0.228 e. The highest BCUT2D eigenvalue weighted by atomic mass is 16.5. The third-order valence-electron chi connectivity index (χ3n) is 6.82. The lowest BCUT2D eigenvalue weighted by molar-refractivity contribution is 0.0778. The Morgan fingerprint density at radius 2 is 1.76 bits per heavy atom. The van der Waals surface area contributed by atoms with E-state index in [2.05, 4.69) is 94.3 Å². The Kier molecular flexibility index (Phi) is 3.83. The van der Waals surface area contributed by atoms with Gasteiger partial charge in [0.2, 0.25) is 5.72 Å². The summed E-state index contributed by atoms with van der Waals surface area (Å²) in [5.74, 6) is 0.863. The Morgan fingerprint density at radius 3 is 2.55 bits per heavy atom. The second kappa shape index (κ2) is 6.09. The number of hydrogen-bond acceptors (Lipinski definition) is 3. The lowest BCUT2D eigenvalue weighted by atomic mass is 9.77. The number of benzene rings is 3. The molecule has 2 heterocycles. The molecular weight excluding hydrogens is 356 g/mol. The molecule has 29 heavy (non-hydrogen) atoms. The number of rotatable bonds is 2. The van der Waals surface area contributed by atoms with Gasteiger partial charge in [0, 0.05) is 17.6 Å². The van der Waals surface area contributed by atoms with Gasteiger partial charge in [-0.3, -0.25) is 4.99 Å². The predicted octanol–water partition coefficient (Wildman–Crippen LogP) is 6.46. The summed E-state index contributed by atoms with van der Waals surface area (Å²) in [7, 11) is 0. The van der Waals surface area contributed by atoms with Crippen molar-refractivity contribution in [3.8, 4) is 5.75 Å². The average molecular weight is 385 g/mol. The summed E-state index contributed by atoms with van der Waals surface area (Å²) in [6.07, 6.45) is 3.11. The minimum atomic E-state index is -0.624. The van der Waals surface area contributed by atoms with Gasteiger partial charge in [-0.25, -0.2) is 0 Å². The van der Waals surface area contributed by atoms with Gasteiger partial charge in [0.1, 0.15) is 11.4 Å². The minimum absolute atomic E-state index is 0.233. The fraction of sp³-hybridized carbons (Fsp3) is 0.346. The third-order valence-corrected chi connectivity index (χ3v) is 6.82. The van der Waals surface area contributed by atoms with E-state index in [1.165, 1.54) is 27.8 Å². The first kappa shape index (κ1) is 18.2. The number of nitrogens with zero attached hydrogens (tertiary/aromatic N) is 2. The molecule has 3 nitrogen and oxygen atoms in total. The summed E-state index contributed by atoms with van der Waals surface area (Å²) < 4.78 is 6.91. The van der Waals surface area contributed by atoms with Gasteiger partial charge in [-0.1, -0.05) is 43.3 Å². The van der Waals surface area contributed by atoms with E-state index in [9.17, 15) is 0 Å². The van der Waals surface area contributed by atoms with Crippen LogP contribution in [0.5, 0.6) is 5.75 Å². The molecule has 0 amide bonds. The van der Waals surface area contributed by atoms with Crippen LogP contribution in [-0.2, 0) is 5.41 Å². The van der Waals surface area contributed by atoms with E-state index in [4.69, 9.17) is 9.73 Å². The maximum Gasteiger partial charge on any atom is 0.228 e. The van der Waals surface area contributed by atoms with Gasteiger partial charge in [0.25, 0.3) is 0 Å². The average Bonchev–Trinajstić information content (AvgIpc) is 2.87. The standard InChI is InChI=1S/C26H28N2O/c1-6-13-28-22-15-18(3)17(2)14-21(22)25(4,5)26(28)16-27-24-20-10-8-7-9-19(20)11-12-23(24)29-26/h7-12,14-16H,6,13H2,1-5H3. The fourth-order valence-electron chi connectivity index (χ4n) is 4.95. The number of hydrogen-bond donors (Lipinski definition) is 0. The second-order valence-corrected chi connectivity index (χ2v) is 8.92. The van der Waals surface area contributed by atoms with Gasteiger partial charge in [-0.05, 0) is 68.3 Å². The van der Waals surface area contributed by atoms with Gasteiger partial charge < -0.3 is 9.64 Å². The normalized spacial score (nSPS) is 21.3. The van der Waals surface area contributed by atoms with E-state index >= 15 is 0 Å². The summed E-state index contributed by atoms with van der Waals surface area (Å²) >= 11 is 0. The zero-order chi connectivity index (χ0) is 20.4. The van der Waals surface area contributed by atoms with Crippen molar-refractivity contribution in [3.05, 3.63) is 65.2 Å². The molecule has 148 valence electrons. The Bertz CT molecular complexity index is 1160. The van der Waals surface area contributed by atoms with Gasteiger partial charge in [0.05, 0.1) is 11.6 Å².